The number of ether oxygens (including phenoxy) is 4. The van der Waals surface area contributed by atoms with Crippen LogP contribution in [0.25, 0.3) is 5.57 Å². The van der Waals surface area contributed by atoms with Crippen molar-refractivity contribution in [3.63, 3.8) is 0 Å². The van der Waals surface area contributed by atoms with Crippen LogP contribution in [0.4, 0.5) is 4.79 Å². The van der Waals surface area contributed by atoms with Gasteiger partial charge in [-0.15, -0.1) is 0 Å². The lowest BCUT2D eigenvalue weighted by Crippen LogP contribution is -2.72. The molecule has 5 rings (SSSR count). The van der Waals surface area contributed by atoms with E-state index in [2.05, 4.69) is 35.7 Å². The molecule has 8 heteroatoms. The van der Waals surface area contributed by atoms with Gasteiger partial charge in [-0.2, -0.15) is 0 Å². The molecule has 2 aliphatic heterocycles. The van der Waals surface area contributed by atoms with Crippen LogP contribution in [0.2, 0.25) is 0 Å². The predicted octanol–water partition coefficient (Wildman–Crippen LogP) is 5.50. The molecule has 0 radical (unpaired) electrons. The standard InChI is InChI=1S/C33H42N2O6/c1-32(2,3)41-31(37)35-18-8-17-33(23-38-22-30(36)34-33)29(35)21-40-27-15-13-25(14-16-27)26-11-7-12-28(19-26)39-20-24-9-5-4-6-10-24/h4-7,9-13,19,27,29H,8,14-18,20-23H2,1-3H3,(H,34,36)/t27?,29-,33+/m0/s1. The van der Waals surface area contributed by atoms with E-state index in [-0.39, 0.29) is 30.8 Å². The van der Waals surface area contributed by atoms with E-state index in [1.165, 1.54) is 11.1 Å². The highest BCUT2D eigenvalue weighted by atomic mass is 16.6. The molecule has 1 aliphatic carbocycles. The first-order chi connectivity index (χ1) is 19.7. The number of rotatable bonds is 7. The van der Waals surface area contributed by atoms with Gasteiger partial charge in [-0.05, 0) is 81.7 Å². The summed E-state index contributed by atoms with van der Waals surface area (Å²) in [5.41, 5.74) is 2.29. The van der Waals surface area contributed by atoms with E-state index in [9.17, 15) is 9.59 Å². The zero-order chi connectivity index (χ0) is 28.9. The van der Waals surface area contributed by atoms with E-state index in [1.54, 1.807) is 4.90 Å². The van der Waals surface area contributed by atoms with Crippen LogP contribution in [0, 0.1) is 0 Å². The molecule has 2 fully saturated rings. The van der Waals surface area contributed by atoms with Gasteiger partial charge in [-0.1, -0.05) is 48.5 Å². The topological polar surface area (TPSA) is 86.3 Å². The van der Waals surface area contributed by atoms with Crippen LogP contribution in [0.3, 0.4) is 0 Å². The fourth-order valence-electron chi connectivity index (χ4n) is 5.94. The summed E-state index contributed by atoms with van der Waals surface area (Å²) < 4.78 is 23.9. The number of morpholine rings is 1. The summed E-state index contributed by atoms with van der Waals surface area (Å²) in [5.74, 6) is 0.694. The summed E-state index contributed by atoms with van der Waals surface area (Å²) in [6.45, 7) is 7.36. The summed E-state index contributed by atoms with van der Waals surface area (Å²) in [5, 5.41) is 3.15. The Labute approximate surface area is 243 Å². The average molecular weight is 563 g/mol. The van der Waals surface area contributed by atoms with Gasteiger partial charge in [-0.3, -0.25) is 4.79 Å². The Kier molecular flexibility index (Phi) is 9.00. The van der Waals surface area contributed by atoms with Gasteiger partial charge in [0.1, 0.15) is 24.6 Å². The maximum atomic E-state index is 13.2. The van der Waals surface area contributed by atoms with Crippen molar-refractivity contribution in [1.29, 1.82) is 0 Å². The van der Waals surface area contributed by atoms with Gasteiger partial charge < -0.3 is 29.2 Å². The van der Waals surface area contributed by atoms with E-state index in [1.807, 2.05) is 51.1 Å². The highest BCUT2D eigenvalue weighted by Crippen LogP contribution is 2.34. The fourth-order valence-corrected chi connectivity index (χ4v) is 5.94. The molecule has 1 unspecified atom stereocenters. The van der Waals surface area contributed by atoms with E-state index in [0.717, 1.165) is 43.4 Å². The van der Waals surface area contributed by atoms with E-state index in [0.29, 0.717) is 26.4 Å². The van der Waals surface area contributed by atoms with Crippen LogP contribution < -0.4 is 10.1 Å². The van der Waals surface area contributed by atoms with Crippen molar-refractivity contribution >= 4 is 17.6 Å². The second-order valence-corrected chi connectivity index (χ2v) is 12.3. The first-order valence-corrected chi connectivity index (χ1v) is 14.7. The average Bonchev–Trinajstić information content (AvgIpc) is 2.95. The summed E-state index contributed by atoms with van der Waals surface area (Å²) >= 11 is 0. The van der Waals surface area contributed by atoms with Gasteiger partial charge in [0.15, 0.2) is 0 Å². The van der Waals surface area contributed by atoms with Crippen molar-refractivity contribution in [2.45, 2.75) is 82.8 Å². The van der Waals surface area contributed by atoms with Crippen LogP contribution in [-0.4, -0.2) is 66.6 Å². The van der Waals surface area contributed by atoms with Crippen molar-refractivity contribution in [2.24, 2.45) is 0 Å². The largest absolute Gasteiger partial charge is 0.489 e. The molecule has 8 nitrogen and oxygen atoms in total. The Bertz CT molecular complexity index is 1240. The third kappa shape index (κ3) is 7.49. The number of benzene rings is 2. The Morgan fingerprint density at radius 3 is 2.71 bits per heavy atom. The highest BCUT2D eigenvalue weighted by molar-refractivity contribution is 5.79. The third-order valence-corrected chi connectivity index (χ3v) is 7.95. The maximum Gasteiger partial charge on any atom is 0.410 e. The summed E-state index contributed by atoms with van der Waals surface area (Å²) in [6, 6.07) is 18.0. The SMILES string of the molecule is CC(C)(C)OC(=O)N1CCC[C@@]2(COCC(=O)N2)[C@@H]1COC1CC=C(c2cccc(OCc3ccccc3)c2)CC1. The Balaban J connectivity index is 1.22. The van der Waals surface area contributed by atoms with Gasteiger partial charge in [0.25, 0.3) is 0 Å². The molecule has 2 heterocycles. The summed E-state index contributed by atoms with van der Waals surface area (Å²) in [4.78, 5) is 27.3. The van der Waals surface area contributed by atoms with Gasteiger partial charge in [0.2, 0.25) is 5.91 Å². The lowest BCUT2D eigenvalue weighted by atomic mass is 9.81. The number of hydrogen-bond donors (Lipinski definition) is 1. The Morgan fingerprint density at radius 1 is 1.15 bits per heavy atom. The quantitative estimate of drug-likeness (QED) is 0.480. The lowest BCUT2D eigenvalue weighted by molar-refractivity contribution is -0.144. The second kappa shape index (κ2) is 12.7. The number of amides is 2. The molecule has 3 atom stereocenters. The number of nitrogens with one attached hydrogen (secondary N) is 1. The van der Waals surface area contributed by atoms with Gasteiger partial charge in [0, 0.05) is 6.54 Å². The Hall–Kier alpha value is -3.36. The van der Waals surface area contributed by atoms with E-state index in [4.69, 9.17) is 18.9 Å². The smallest absolute Gasteiger partial charge is 0.410 e. The first kappa shape index (κ1) is 29.1. The first-order valence-electron chi connectivity index (χ1n) is 14.7. The van der Waals surface area contributed by atoms with Crippen LogP contribution >= 0.6 is 0 Å². The molecule has 0 aromatic heterocycles. The number of piperidine rings is 1. The fraction of sp³-hybridized carbons (Fsp3) is 0.515. The van der Waals surface area contributed by atoms with Crippen LogP contribution in [0.1, 0.15) is 64.0 Å². The number of carbonyl (C=O) groups is 2. The molecular weight excluding hydrogens is 520 g/mol. The van der Waals surface area contributed by atoms with Gasteiger partial charge >= 0.3 is 6.09 Å². The molecule has 0 bridgehead atoms. The summed E-state index contributed by atoms with van der Waals surface area (Å²) in [6.07, 6.45) is 5.90. The minimum atomic E-state index is -0.680. The molecule has 2 amide bonds. The maximum absolute atomic E-state index is 13.2. The molecular formula is C33H42N2O6. The van der Waals surface area contributed by atoms with Crippen molar-refractivity contribution in [3.8, 4) is 5.75 Å². The minimum Gasteiger partial charge on any atom is -0.489 e. The predicted molar refractivity (Wildman–Crippen MR) is 156 cm³/mol. The lowest BCUT2D eigenvalue weighted by Gasteiger charge is -2.51. The highest BCUT2D eigenvalue weighted by Gasteiger charge is 2.50. The zero-order valence-electron chi connectivity index (χ0n) is 24.4. The Morgan fingerprint density at radius 2 is 1.98 bits per heavy atom. The third-order valence-electron chi connectivity index (χ3n) is 7.95. The molecule has 2 aromatic rings. The number of hydrogen-bond acceptors (Lipinski definition) is 6. The molecule has 41 heavy (non-hydrogen) atoms. The minimum absolute atomic E-state index is 0.0240. The van der Waals surface area contributed by atoms with Crippen molar-refractivity contribution in [3.05, 3.63) is 71.8 Å². The summed E-state index contributed by atoms with van der Waals surface area (Å²) in [7, 11) is 0. The van der Waals surface area contributed by atoms with E-state index >= 15 is 0 Å². The van der Waals surface area contributed by atoms with Crippen molar-refractivity contribution in [2.75, 3.05) is 26.4 Å². The number of allylic oxidation sites excluding steroid dienone is 1. The van der Waals surface area contributed by atoms with Crippen molar-refractivity contribution < 1.29 is 28.5 Å². The molecule has 0 saturated carbocycles. The normalized spacial score (nSPS) is 24.9. The molecule has 1 spiro atoms. The van der Waals surface area contributed by atoms with Crippen LogP contribution in [0.5, 0.6) is 5.75 Å². The van der Waals surface area contributed by atoms with Crippen molar-refractivity contribution in [1.82, 2.24) is 10.2 Å². The molecule has 1 N–H and O–H groups in total. The molecule has 2 saturated heterocycles. The van der Waals surface area contributed by atoms with Gasteiger partial charge in [0.05, 0.1) is 30.9 Å². The van der Waals surface area contributed by atoms with Crippen LogP contribution in [0.15, 0.2) is 60.7 Å². The second-order valence-electron chi connectivity index (χ2n) is 12.3. The number of nitrogens with zero attached hydrogens (tertiary/aromatic N) is 1. The van der Waals surface area contributed by atoms with Crippen LogP contribution in [-0.2, 0) is 25.6 Å². The zero-order valence-corrected chi connectivity index (χ0v) is 24.4. The van der Waals surface area contributed by atoms with E-state index < -0.39 is 11.1 Å². The number of likely N-dealkylation sites (tertiary alicyclic amines) is 1. The van der Waals surface area contributed by atoms with Gasteiger partial charge in [-0.25, -0.2) is 4.79 Å². The monoisotopic (exact) mass is 562 g/mol. The molecule has 220 valence electrons. The molecule has 2 aromatic carbocycles. The molecule has 3 aliphatic rings. The number of carbonyl (C=O) groups excluding carboxylic acids is 2.